The van der Waals surface area contributed by atoms with Gasteiger partial charge in [0.15, 0.2) is 0 Å². The molecule has 1 aliphatic heterocycles. The van der Waals surface area contributed by atoms with Gasteiger partial charge < -0.3 is 14.6 Å². The highest BCUT2D eigenvalue weighted by atomic mass is 16.5. The highest BCUT2D eigenvalue weighted by Gasteiger charge is 2.39. The molecule has 2 unspecified atom stereocenters. The van der Waals surface area contributed by atoms with Crippen molar-refractivity contribution in [1.29, 1.82) is 0 Å². The summed E-state index contributed by atoms with van der Waals surface area (Å²) in [4.78, 5) is 0. The molecular formula is C16H30O3. The van der Waals surface area contributed by atoms with E-state index < -0.39 is 0 Å². The quantitative estimate of drug-likeness (QED) is 0.770. The van der Waals surface area contributed by atoms with Crippen LogP contribution in [0.25, 0.3) is 0 Å². The van der Waals surface area contributed by atoms with Gasteiger partial charge in [0, 0.05) is 13.2 Å². The lowest BCUT2D eigenvalue weighted by molar-refractivity contribution is -0.142. The summed E-state index contributed by atoms with van der Waals surface area (Å²) < 4.78 is 11.6. The molecule has 2 aliphatic rings. The topological polar surface area (TPSA) is 38.7 Å². The van der Waals surface area contributed by atoms with Crippen molar-refractivity contribution < 1.29 is 14.6 Å². The van der Waals surface area contributed by atoms with Crippen LogP contribution in [-0.2, 0) is 9.47 Å². The molecule has 3 heteroatoms. The summed E-state index contributed by atoms with van der Waals surface area (Å²) in [6.45, 7) is 3.67. The summed E-state index contributed by atoms with van der Waals surface area (Å²) in [5.41, 5.74) is -0.246. The molecule has 0 radical (unpaired) electrons. The molecule has 0 aromatic heterocycles. The first-order valence-electron chi connectivity index (χ1n) is 8.20. The summed E-state index contributed by atoms with van der Waals surface area (Å²) in [6.07, 6.45) is 11.3. The minimum absolute atomic E-state index is 0.246. The summed E-state index contributed by atoms with van der Waals surface area (Å²) in [5.74, 6) is 0. The second-order valence-electron chi connectivity index (χ2n) is 6.14. The molecule has 19 heavy (non-hydrogen) atoms. The molecule has 0 amide bonds. The predicted molar refractivity (Wildman–Crippen MR) is 76.3 cm³/mol. The molecule has 0 aromatic rings. The number of rotatable bonds is 7. The second-order valence-corrected chi connectivity index (χ2v) is 6.14. The van der Waals surface area contributed by atoms with Crippen LogP contribution in [0.2, 0.25) is 0 Å². The molecule has 1 N–H and O–H groups in total. The summed E-state index contributed by atoms with van der Waals surface area (Å²) in [7, 11) is 0. The summed E-state index contributed by atoms with van der Waals surface area (Å²) in [5, 5.41) is 10.6. The Bertz CT molecular complexity index is 237. The lowest BCUT2D eigenvalue weighted by Crippen LogP contribution is -2.46. The lowest BCUT2D eigenvalue weighted by atomic mass is 9.79. The predicted octanol–water partition coefficient (Wildman–Crippen LogP) is 3.44. The molecule has 1 saturated carbocycles. The van der Waals surface area contributed by atoms with Crippen molar-refractivity contribution >= 4 is 0 Å². The number of hydrogen-bond acceptors (Lipinski definition) is 3. The average molecular weight is 270 g/mol. The Kier molecular flexibility index (Phi) is 6.11. The van der Waals surface area contributed by atoms with Crippen molar-refractivity contribution in [3.63, 3.8) is 0 Å². The summed E-state index contributed by atoms with van der Waals surface area (Å²) >= 11 is 0. The van der Waals surface area contributed by atoms with Gasteiger partial charge in [-0.2, -0.15) is 0 Å². The van der Waals surface area contributed by atoms with E-state index in [1.54, 1.807) is 0 Å². The minimum Gasteiger partial charge on any atom is -0.390 e. The standard InChI is InChI=1S/C16H30O3/c1-2-19-16(11-4-3-5-12-16)15(17)10-6-8-14-9-7-13-18-14/h14-15,17H,2-13H2,1H3. The van der Waals surface area contributed by atoms with E-state index in [1.165, 1.54) is 32.1 Å². The molecule has 2 fully saturated rings. The van der Waals surface area contributed by atoms with Crippen molar-refractivity contribution in [2.75, 3.05) is 13.2 Å². The summed E-state index contributed by atoms with van der Waals surface area (Å²) in [6, 6.07) is 0. The number of aliphatic hydroxyl groups is 1. The maximum Gasteiger partial charge on any atom is 0.0939 e. The Balaban J connectivity index is 1.76. The van der Waals surface area contributed by atoms with E-state index in [4.69, 9.17) is 9.47 Å². The van der Waals surface area contributed by atoms with E-state index in [2.05, 4.69) is 0 Å². The third-order valence-electron chi connectivity index (χ3n) is 4.77. The first kappa shape index (κ1) is 15.3. The van der Waals surface area contributed by atoms with E-state index in [0.717, 1.165) is 38.7 Å². The zero-order valence-electron chi connectivity index (χ0n) is 12.4. The molecule has 3 nitrogen and oxygen atoms in total. The van der Waals surface area contributed by atoms with Crippen LogP contribution in [0.3, 0.4) is 0 Å². The van der Waals surface area contributed by atoms with Gasteiger partial charge in [-0.1, -0.05) is 19.3 Å². The average Bonchev–Trinajstić information content (AvgIpc) is 2.93. The van der Waals surface area contributed by atoms with Crippen LogP contribution in [0.4, 0.5) is 0 Å². The smallest absolute Gasteiger partial charge is 0.0939 e. The Hall–Kier alpha value is -0.120. The van der Waals surface area contributed by atoms with E-state index in [0.29, 0.717) is 12.7 Å². The largest absolute Gasteiger partial charge is 0.390 e. The molecule has 0 bridgehead atoms. The Morgan fingerprint density at radius 3 is 2.68 bits per heavy atom. The van der Waals surface area contributed by atoms with E-state index in [9.17, 15) is 5.11 Å². The zero-order chi connectivity index (χ0) is 13.6. The fraction of sp³-hybridized carbons (Fsp3) is 1.00. The Morgan fingerprint density at radius 1 is 1.26 bits per heavy atom. The maximum atomic E-state index is 10.6. The molecule has 0 spiro atoms. The second kappa shape index (κ2) is 7.61. The van der Waals surface area contributed by atoms with Gasteiger partial charge in [0.2, 0.25) is 0 Å². The molecule has 1 aliphatic carbocycles. The van der Waals surface area contributed by atoms with Gasteiger partial charge in [-0.3, -0.25) is 0 Å². The monoisotopic (exact) mass is 270 g/mol. The van der Waals surface area contributed by atoms with E-state index >= 15 is 0 Å². The highest BCUT2D eigenvalue weighted by molar-refractivity contribution is 4.91. The van der Waals surface area contributed by atoms with Gasteiger partial charge in [0.1, 0.15) is 0 Å². The lowest BCUT2D eigenvalue weighted by Gasteiger charge is -2.41. The highest BCUT2D eigenvalue weighted by Crippen LogP contribution is 2.36. The third kappa shape index (κ3) is 4.17. The first-order valence-corrected chi connectivity index (χ1v) is 8.20. The fourth-order valence-corrected chi connectivity index (χ4v) is 3.69. The van der Waals surface area contributed by atoms with Crippen molar-refractivity contribution in [2.45, 2.75) is 88.9 Å². The molecule has 2 rings (SSSR count). The van der Waals surface area contributed by atoms with Crippen LogP contribution in [0.5, 0.6) is 0 Å². The zero-order valence-corrected chi connectivity index (χ0v) is 12.4. The van der Waals surface area contributed by atoms with Gasteiger partial charge in [-0.25, -0.2) is 0 Å². The van der Waals surface area contributed by atoms with Crippen LogP contribution in [-0.4, -0.2) is 36.1 Å². The van der Waals surface area contributed by atoms with Crippen LogP contribution in [0.15, 0.2) is 0 Å². The fourth-order valence-electron chi connectivity index (χ4n) is 3.69. The SMILES string of the molecule is CCOC1(C(O)CCCC2CCCO2)CCCCC1. The van der Waals surface area contributed by atoms with Gasteiger partial charge in [-0.05, 0) is 51.9 Å². The maximum absolute atomic E-state index is 10.6. The normalized spacial score (nSPS) is 28.4. The molecular weight excluding hydrogens is 240 g/mol. The Morgan fingerprint density at radius 2 is 2.05 bits per heavy atom. The first-order chi connectivity index (χ1) is 9.27. The van der Waals surface area contributed by atoms with Crippen molar-refractivity contribution in [1.82, 2.24) is 0 Å². The third-order valence-corrected chi connectivity index (χ3v) is 4.77. The number of ether oxygens (including phenoxy) is 2. The molecule has 1 heterocycles. The van der Waals surface area contributed by atoms with Crippen LogP contribution >= 0.6 is 0 Å². The Labute approximate surface area is 117 Å². The number of hydrogen-bond donors (Lipinski definition) is 1. The van der Waals surface area contributed by atoms with Gasteiger partial charge in [0.25, 0.3) is 0 Å². The van der Waals surface area contributed by atoms with Crippen LogP contribution < -0.4 is 0 Å². The van der Waals surface area contributed by atoms with Gasteiger partial charge >= 0.3 is 0 Å². The molecule has 0 aromatic carbocycles. The van der Waals surface area contributed by atoms with Crippen LogP contribution in [0, 0.1) is 0 Å². The van der Waals surface area contributed by atoms with Gasteiger partial charge in [-0.15, -0.1) is 0 Å². The number of aliphatic hydroxyl groups excluding tert-OH is 1. The van der Waals surface area contributed by atoms with E-state index in [-0.39, 0.29) is 11.7 Å². The van der Waals surface area contributed by atoms with Crippen LogP contribution in [0.1, 0.15) is 71.1 Å². The molecule has 112 valence electrons. The minimum atomic E-state index is -0.297. The molecule has 2 atom stereocenters. The van der Waals surface area contributed by atoms with Gasteiger partial charge in [0.05, 0.1) is 17.8 Å². The van der Waals surface area contributed by atoms with Crippen molar-refractivity contribution in [3.05, 3.63) is 0 Å². The van der Waals surface area contributed by atoms with Crippen molar-refractivity contribution in [3.8, 4) is 0 Å². The van der Waals surface area contributed by atoms with E-state index in [1.807, 2.05) is 6.92 Å². The molecule has 1 saturated heterocycles. The van der Waals surface area contributed by atoms with Crippen molar-refractivity contribution in [2.24, 2.45) is 0 Å².